The van der Waals surface area contributed by atoms with E-state index in [0.717, 1.165) is 23.1 Å². The first kappa shape index (κ1) is 16.6. The van der Waals surface area contributed by atoms with E-state index in [1.54, 1.807) is 24.3 Å². The Balaban J connectivity index is 2.16. The van der Waals surface area contributed by atoms with Gasteiger partial charge in [-0.15, -0.1) is 0 Å². The molecule has 1 aromatic heterocycles. The zero-order chi connectivity index (χ0) is 15.2. The molecule has 0 saturated carbocycles. The fraction of sp³-hybridized carbons (Fsp3) is 0.267. The van der Waals surface area contributed by atoms with Crippen LogP contribution in [0.25, 0.3) is 0 Å². The van der Waals surface area contributed by atoms with Crippen molar-refractivity contribution >= 4 is 39.1 Å². The van der Waals surface area contributed by atoms with Gasteiger partial charge in [0.25, 0.3) is 0 Å². The molecular weight excluding hydrogens is 375 g/mol. The molecule has 0 bridgehead atoms. The lowest BCUT2D eigenvalue weighted by molar-refractivity contribution is 0.459. The van der Waals surface area contributed by atoms with Crippen LogP contribution in [0.3, 0.4) is 0 Å². The van der Waals surface area contributed by atoms with Gasteiger partial charge >= 0.3 is 0 Å². The summed E-state index contributed by atoms with van der Waals surface area (Å²) in [5, 5.41) is 4.41. The third kappa shape index (κ3) is 4.85. The number of ether oxygens (including phenoxy) is 1. The van der Waals surface area contributed by atoms with Crippen molar-refractivity contribution < 1.29 is 4.74 Å². The van der Waals surface area contributed by atoms with E-state index in [9.17, 15) is 0 Å². The molecule has 6 heteroatoms. The molecule has 0 amide bonds. The van der Waals surface area contributed by atoms with Gasteiger partial charge in [0.1, 0.15) is 5.75 Å². The molecule has 0 saturated heterocycles. The summed E-state index contributed by atoms with van der Waals surface area (Å²) in [6.07, 6.45) is 1.06. The number of hydrogen-bond acceptors (Lipinski definition) is 3. The lowest BCUT2D eigenvalue weighted by Gasteiger charge is -2.10. The predicted molar refractivity (Wildman–Crippen MR) is 90.5 cm³/mol. The Morgan fingerprint density at radius 3 is 2.71 bits per heavy atom. The van der Waals surface area contributed by atoms with Crippen molar-refractivity contribution in [3.8, 4) is 11.6 Å². The molecule has 0 aliphatic heterocycles. The third-order valence-electron chi connectivity index (χ3n) is 2.72. The van der Waals surface area contributed by atoms with Crippen LogP contribution in [-0.4, -0.2) is 11.5 Å². The Morgan fingerprint density at radius 2 is 1.95 bits per heavy atom. The second-order valence-corrected chi connectivity index (χ2v) is 6.16. The quantitative estimate of drug-likeness (QED) is 0.667. The molecule has 2 aromatic rings. The molecule has 0 spiro atoms. The minimum Gasteiger partial charge on any atom is -0.437 e. The van der Waals surface area contributed by atoms with Crippen molar-refractivity contribution in [1.82, 2.24) is 10.3 Å². The Bertz CT molecular complexity index is 623. The zero-order valence-electron chi connectivity index (χ0n) is 11.5. The highest BCUT2D eigenvalue weighted by molar-refractivity contribution is 9.10. The average molecular weight is 390 g/mol. The molecule has 0 radical (unpaired) electrons. The van der Waals surface area contributed by atoms with Crippen molar-refractivity contribution in [2.24, 2.45) is 0 Å². The number of hydrogen-bond donors (Lipinski definition) is 1. The van der Waals surface area contributed by atoms with Crippen LogP contribution in [0.1, 0.15) is 19.0 Å². The van der Waals surface area contributed by atoms with Crippen molar-refractivity contribution in [3.63, 3.8) is 0 Å². The molecule has 1 aromatic carbocycles. The van der Waals surface area contributed by atoms with Gasteiger partial charge in [-0.25, -0.2) is 4.98 Å². The molecular formula is C15H15BrCl2N2O. The molecule has 0 aliphatic rings. The summed E-state index contributed by atoms with van der Waals surface area (Å²) in [7, 11) is 0. The largest absolute Gasteiger partial charge is 0.437 e. The van der Waals surface area contributed by atoms with Gasteiger partial charge in [0, 0.05) is 17.1 Å². The summed E-state index contributed by atoms with van der Waals surface area (Å²) >= 11 is 15.6. The Morgan fingerprint density at radius 1 is 1.19 bits per heavy atom. The van der Waals surface area contributed by atoms with Gasteiger partial charge in [-0.05, 0) is 37.2 Å². The minimum atomic E-state index is 0.465. The molecule has 0 atom stereocenters. The van der Waals surface area contributed by atoms with Crippen LogP contribution in [0, 0.1) is 0 Å². The number of aromatic nitrogens is 1. The maximum Gasteiger partial charge on any atom is 0.219 e. The number of halogens is 3. The summed E-state index contributed by atoms with van der Waals surface area (Å²) in [6.45, 7) is 3.63. The first-order chi connectivity index (χ1) is 10.1. The predicted octanol–water partition coefficient (Wildman–Crippen LogP) is 5.44. The van der Waals surface area contributed by atoms with Gasteiger partial charge in [-0.1, -0.05) is 46.1 Å². The SMILES string of the molecule is CCCNCc1nc(Oc2cc(Br)ccc2Cl)ccc1Cl. The highest BCUT2D eigenvalue weighted by Gasteiger charge is 2.08. The van der Waals surface area contributed by atoms with Gasteiger partial charge in [-0.2, -0.15) is 0 Å². The van der Waals surface area contributed by atoms with E-state index in [-0.39, 0.29) is 0 Å². The lowest BCUT2D eigenvalue weighted by atomic mass is 10.3. The van der Waals surface area contributed by atoms with Crippen LogP contribution < -0.4 is 10.1 Å². The topological polar surface area (TPSA) is 34.2 Å². The van der Waals surface area contributed by atoms with Crippen molar-refractivity contribution in [1.29, 1.82) is 0 Å². The highest BCUT2D eigenvalue weighted by atomic mass is 79.9. The molecule has 3 nitrogen and oxygen atoms in total. The highest BCUT2D eigenvalue weighted by Crippen LogP contribution is 2.32. The summed E-state index contributed by atoms with van der Waals surface area (Å²) in [5.41, 5.74) is 0.758. The van der Waals surface area contributed by atoms with E-state index >= 15 is 0 Å². The molecule has 2 rings (SSSR count). The third-order valence-corrected chi connectivity index (χ3v) is 3.87. The van der Waals surface area contributed by atoms with Crippen LogP contribution in [0.2, 0.25) is 10.0 Å². The summed E-state index contributed by atoms with van der Waals surface area (Å²) < 4.78 is 6.62. The lowest BCUT2D eigenvalue weighted by Crippen LogP contribution is -2.15. The molecule has 0 fully saturated rings. The summed E-state index contributed by atoms with van der Waals surface area (Å²) in [6, 6.07) is 8.92. The molecule has 112 valence electrons. The van der Waals surface area contributed by atoms with Crippen molar-refractivity contribution in [2.75, 3.05) is 6.54 Å². The van der Waals surface area contributed by atoms with Crippen LogP contribution in [-0.2, 0) is 6.54 Å². The van der Waals surface area contributed by atoms with E-state index in [0.29, 0.717) is 28.2 Å². The van der Waals surface area contributed by atoms with E-state index in [4.69, 9.17) is 27.9 Å². The second-order valence-electron chi connectivity index (χ2n) is 4.43. The smallest absolute Gasteiger partial charge is 0.219 e. The Kier molecular flexibility index (Phi) is 6.30. The van der Waals surface area contributed by atoms with E-state index in [1.165, 1.54) is 0 Å². The molecule has 0 unspecified atom stereocenters. The maximum absolute atomic E-state index is 6.14. The molecule has 0 aliphatic carbocycles. The number of benzene rings is 1. The van der Waals surface area contributed by atoms with Gasteiger partial charge in [-0.3, -0.25) is 0 Å². The Labute approximate surface area is 142 Å². The molecule has 1 N–H and O–H groups in total. The van der Waals surface area contributed by atoms with Crippen LogP contribution in [0.15, 0.2) is 34.8 Å². The summed E-state index contributed by atoms with van der Waals surface area (Å²) in [4.78, 5) is 4.42. The van der Waals surface area contributed by atoms with E-state index in [1.807, 2.05) is 6.07 Å². The van der Waals surface area contributed by atoms with Gasteiger partial charge in [0.2, 0.25) is 5.88 Å². The van der Waals surface area contributed by atoms with Gasteiger partial charge in [0.15, 0.2) is 0 Å². The van der Waals surface area contributed by atoms with Crippen LogP contribution in [0.4, 0.5) is 0 Å². The summed E-state index contributed by atoms with van der Waals surface area (Å²) in [5.74, 6) is 1.01. The zero-order valence-corrected chi connectivity index (χ0v) is 14.6. The minimum absolute atomic E-state index is 0.465. The number of nitrogens with one attached hydrogen (secondary N) is 1. The average Bonchev–Trinajstić information content (AvgIpc) is 2.46. The second kappa shape index (κ2) is 7.99. The number of pyridine rings is 1. The van der Waals surface area contributed by atoms with E-state index in [2.05, 4.69) is 33.2 Å². The van der Waals surface area contributed by atoms with Crippen LogP contribution >= 0.6 is 39.1 Å². The molecule has 21 heavy (non-hydrogen) atoms. The fourth-order valence-electron chi connectivity index (χ4n) is 1.70. The van der Waals surface area contributed by atoms with Gasteiger partial charge in [0.05, 0.1) is 15.7 Å². The standard InChI is InChI=1S/C15H15BrCl2N2O/c1-2-7-19-9-13-11(17)5-6-15(20-13)21-14-8-10(16)3-4-12(14)18/h3-6,8,19H,2,7,9H2,1H3. The van der Waals surface area contributed by atoms with Crippen molar-refractivity contribution in [3.05, 3.63) is 50.5 Å². The van der Waals surface area contributed by atoms with Crippen LogP contribution in [0.5, 0.6) is 11.6 Å². The number of nitrogens with zero attached hydrogens (tertiary/aromatic N) is 1. The van der Waals surface area contributed by atoms with Crippen molar-refractivity contribution in [2.45, 2.75) is 19.9 Å². The maximum atomic E-state index is 6.14. The first-order valence-electron chi connectivity index (χ1n) is 6.59. The molecule has 1 heterocycles. The Hall–Kier alpha value is -0.810. The van der Waals surface area contributed by atoms with Gasteiger partial charge < -0.3 is 10.1 Å². The van der Waals surface area contributed by atoms with E-state index < -0.39 is 0 Å². The first-order valence-corrected chi connectivity index (χ1v) is 8.14. The number of rotatable bonds is 6. The fourth-order valence-corrected chi connectivity index (χ4v) is 2.37. The normalized spacial score (nSPS) is 10.7. The monoisotopic (exact) mass is 388 g/mol.